The maximum absolute atomic E-state index is 11.0. The Kier molecular flexibility index (Phi) is 2.78. The maximum Gasteiger partial charge on any atom is 0.149 e. The molecule has 5 heteroatoms. The standard InChI is InChI=1S/C10H8ClN3O/c11-9-3-1-8(2-4-9)10(5-15)14-7-12-6-13-14/h1-7,10H. The zero-order chi connectivity index (χ0) is 10.7. The fraction of sp³-hybridized carbons (Fsp3) is 0.100. The maximum atomic E-state index is 11.0. The molecule has 0 spiro atoms. The van der Waals surface area contributed by atoms with Crippen LogP contribution in [0, 0.1) is 0 Å². The van der Waals surface area contributed by atoms with E-state index in [1.165, 1.54) is 17.3 Å². The second-order valence-electron chi connectivity index (χ2n) is 3.01. The number of hydrogen-bond donors (Lipinski definition) is 0. The van der Waals surface area contributed by atoms with Crippen LogP contribution in [0.4, 0.5) is 0 Å². The van der Waals surface area contributed by atoms with E-state index in [0.717, 1.165) is 11.8 Å². The summed E-state index contributed by atoms with van der Waals surface area (Å²) in [5.41, 5.74) is 0.833. The van der Waals surface area contributed by atoms with E-state index in [0.29, 0.717) is 5.02 Å². The fourth-order valence-corrected chi connectivity index (χ4v) is 1.44. The van der Waals surface area contributed by atoms with Crippen molar-refractivity contribution in [3.05, 3.63) is 47.5 Å². The number of halogens is 1. The normalized spacial score (nSPS) is 12.3. The minimum Gasteiger partial charge on any atom is -0.301 e. The van der Waals surface area contributed by atoms with E-state index in [1.54, 1.807) is 24.3 Å². The zero-order valence-electron chi connectivity index (χ0n) is 7.75. The summed E-state index contributed by atoms with van der Waals surface area (Å²) in [5.74, 6) is 0. The lowest BCUT2D eigenvalue weighted by molar-refractivity contribution is -0.109. The van der Waals surface area contributed by atoms with Crippen molar-refractivity contribution in [1.29, 1.82) is 0 Å². The number of carbonyl (C=O) groups is 1. The van der Waals surface area contributed by atoms with Gasteiger partial charge in [0.2, 0.25) is 0 Å². The Balaban J connectivity index is 2.35. The van der Waals surface area contributed by atoms with Gasteiger partial charge in [0.1, 0.15) is 25.0 Å². The molecule has 0 radical (unpaired) electrons. The van der Waals surface area contributed by atoms with Crippen molar-refractivity contribution in [3.8, 4) is 0 Å². The molecule has 0 saturated heterocycles. The molecule has 1 aromatic carbocycles. The molecule has 76 valence electrons. The van der Waals surface area contributed by atoms with Crippen molar-refractivity contribution >= 4 is 17.9 Å². The first-order valence-electron chi connectivity index (χ1n) is 4.36. The predicted molar refractivity (Wildman–Crippen MR) is 55.7 cm³/mol. The molecule has 0 bridgehead atoms. The molecule has 2 rings (SSSR count). The van der Waals surface area contributed by atoms with Gasteiger partial charge >= 0.3 is 0 Å². The summed E-state index contributed by atoms with van der Waals surface area (Å²) in [6.45, 7) is 0. The molecule has 0 fully saturated rings. The van der Waals surface area contributed by atoms with Gasteiger partial charge in [-0.15, -0.1) is 0 Å². The quantitative estimate of drug-likeness (QED) is 0.742. The highest BCUT2D eigenvalue weighted by molar-refractivity contribution is 6.30. The van der Waals surface area contributed by atoms with Gasteiger partial charge in [-0.25, -0.2) is 9.67 Å². The van der Waals surface area contributed by atoms with Gasteiger partial charge < -0.3 is 4.79 Å². The van der Waals surface area contributed by atoms with Gasteiger partial charge in [-0.2, -0.15) is 5.10 Å². The summed E-state index contributed by atoms with van der Waals surface area (Å²) >= 11 is 5.76. The van der Waals surface area contributed by atoms with Crippen molar-refractivity contribution in [3.63, 3.8) is 0 Å². The van der Waals surface area contributed by atoms with Gasteiger partial charge in [-0.1, -0.05) is 23.7 Å². The van der Waals surface area contributed by atoms with E-state index in [4.69, 9.17) is 11.6 Å². The molecule has 1 unspecified atom stereocenters. The molecule has 1 atom stereocenters. The van der Waals surface area contributed by atoms with Gasteiger partial charge in [0.05, 0.1) is 0 Å². The van der Waals surface area contributed by atoms with E-state index in [1.807, 2.05) is 0 Å². The smallest absolute Gasteiger partial charge is 0.149 e. The van der Waals surface area contributed by atoms with Crippen LogP contribution in [0.5, 0.6) is 0 Å². The fourth-order valence-electron chi connectivity index (χ4n) is 1.31. The van der Waals surface area contributed by atoms with Gasteiger partial charge in [-0.3, -0.25) is 0 Å². The summed E-state index contributed by atoms with van der Waals surface area (Å²) in [4.78, 5) is 14.8. The molecular formula is C10H8ClN3O. The van der Waals surface area contributed by atoms with E-state index in [9.17, 15) is 4.79 Å². The Hall–Kier alpha value is -1.68. The third-order valence-electron chi connectivity index (χ3n) is 2.06. The number of carbonyl (C=O) groups excluding carboxylic acids is 1. The molecule has 2 aromatic rings. The first kappa shape index (κ1) is 9.86. The summed E-state index contributed by atoms with van der Waals surface area (Å²) in [5, 5.41) is 4.57. The second kappa shape index (κ2) is 4.23. The van der Waals surface area contributed by atoms with Crippen molar-refractivity contribution in [2.75, 3.05) is 0 Å². The highest BCUT2D eigenvalue weighted by Gasteiger charge is 2.12. The Bertz CT molecular complexity index is 438. The molecular weight excluding hydrogens is 214 g/mol. The average molecular weight is 222 g/mol. The average Bonchev–Trinajstić information content (AvgIpc) is 2.75. The lowest BCUT2D eigenvalue weighted by atomic mass is 10.1. The number of rotatable bonds is 3. The number of nitrogens with zero attached hydrogens (tertiary/aromatic N) is 3. The Morgan fingerprint density at radius 2 is 2.07 bits per heavy atom. The van der Waals surface area contributed by atoms with Crippen LogP contribution >= 0.6 is 11.6 Å². The number of aromatic nitrogens is 3. The lowest BCUT2D eigenvalue weighted by Gasteiger charge is -2.10. The molecule has 4 nitrogen and oxygen atoms in total. The second-order valence-corrected chi connectivity index (χ2v) is 3.44. The van der Waals surface area contributed by atoms with Gasteiger partial charge in [0.25, 0.3) is 0 Å². The van der Waals surface area contributed by atoms with Crippen LogP contribution in [0.3, 0.4) is 0 Å². The van der Waals surface area contributed by atoms with Crippen LogP contribution < -0.4 is 0 Å². The Labute approximate surface area is 91.5 Å². The van der Waals surface area contributed by atoms with Crippen LogP contribution in [0.1, 0.15) is 11.6 Å². The van der Waals surface area contributed by atoms with Crippen molar-refractivity contribution in [2.45, 2.75) is 6.04 Å². The molecule has 0 aliphatic heterocycles. The van der Waals surface area contributed by atoms with Crippen LogP contribution in [0.15, 0.2) is 36.9 Å². The first-order valence-corrected chi connectivity index (χ1v) is 4.74. The van der Waals surface area contributed by atoms with Crippen molar-refractivity contribution in [1.82, 2.24) is 14.8 Å². The topological polar surface area (TPSA) is 47.8 Å². The van der Waals surface area contributed by atoms with Crippen LogP contribution in [-0.2, 0) is 4.79 Å². The third kappa shape index (κ3) is 2.05. The largest absolute Gasteiger partial charge is 0.301 e. The zero-order valence-corrected chi connectivity index (χ0v) is 8.50. The van der Waals surface area contributed by atoms with Gasteiger partial charge in [0.15, 0.2) is 0 Å². The number of aldehydes is 1. The summed E-state index contributed by atoms with van der Waals surface area (Å²) in [6, 6.07) is 6.63. The molecule has 0 saturated carbocycles. The highest BCUT2D eigenvalue weighted by atomic mass is 35.5. The highest BCUT2D eigenvalue weighted by Crippen LogP contribution is 2.17. The molecule has 0 aliphatic carbocycles. The van der Waals surface area contributed by atoms with E-state index < -0.39 is 6.04 Å². The summed E-state index contributed by atoms with van der Waals surface area (Å²) in [7, 11) is 0. The van der Waals surface area contributed by atoms with Crippen LogP contribution in [-0.4, -0.2) is 21.1 Å². The Morgan fingerprint density at radius 1 is 1.33 bits per heavy atom. The molecule has 0 amide bonds. The van der Waals surface area contributed by atoms with Gasteiger partial charge in [0, 0.05) is 5.02 Å². The summed E-state index contributed by atoms with van der Waals surface area (Å²) < 4.78 is 1.50. The third-order valence-corrected chi connectivity index (χ3v) is 2.31. The van der Waals surface area contributed by atoms with Crippen LogP contribution in [0.2, 0.25) is 5.02 Å². The van der Waals surface area contributed by atoms with E-state index >= 15 is 0 Å². The Morgan fingerprint density at radius 3 is 2.60 bits per heavy atom. The van der Waals surface area contributed by atoms with Gasteiger partial charge in [-0.05, 0) is 17.7 Å². The summed E-state index contributed by atoms with van der Waals surface area (Å²) in [6.07, 6.45) is 3.72. The number of hydrogen-bond acceptors (Lipinski definition) is 3. The van der Waals surface area contributed by atoms with E-state index in [2.05, 4.69) is 10.1 Å². The number of benzene rings is 1. The predicted octanol–water partition coefficient (Wildman–Crippen LogP) is 1.72. The minimum absolute atomic E-state index is 0.440. The van der Waals surface area contributed by atoms with Crippen molar-refractivity contribution < 1.29 is 4.79 Å². The first-order chi connectivity index (χ1) is 7.31. The molecule has 15 heavy (non-hydrogen) atoms. The monoisotopic (exact) mass is 221 g/mol. The van der Waals surface area contributed by atoms with Crippen LogP contribution in [0.25, 0.3) is 0 Å². The molecule has 1 heterocycles. The molecule has 1 aromatic heterocycles. The van der Waals surface area contributed by atoms with E-state index in [-0.39, 0.29) is 0 Å². The lowest BCUT2D eigenvalue weighted by Crippen LogP contribution is -2.12. The molecule has 0 N–H and O–H groups in total. The van der Waals surface area contributed by atoms with Crippen molar-refractivity contribution in [2.24, 2.45) is 0 Å². The molecule has 0 aliphatic rings. The minimum atomic E-state index is -0.440. The SMILES string of the molecule is O=CC(c1ccc(Cl)cc1)n1cncn1.